The quantitative estimate of drug-likeness (QED) is 0.872. The molecule has 1 unspecified atom stereocenters. The summed E-state index contributed by atoms with van der Waals surface area (Å²) >= 11 is 5.79. The van der Waals surface area contributed by atoms with E-state index in [0.29, 0.717) is 23.8 Å². The van der Waals surface area contributed by atoms with Crippen molar-refractivity contribution in [3.05, 3.63) is 64.9 Å². The fourth-order valence-electron chi connectivity index (χ4n) is 2.07. The normalized spacial score (nSPS) is 12.0. The van der Waals surface area contributed by atoms with Crippen LogP contribution in [0.15, 0.2) is 48.5 Å². The van der Waals surface area contributed by atoms with Gasteiger partial charge in [0, 0.05) is 16.3 Å². The summed E-state index contributed by atoms with van der Waals surface area (Å²) in [5.74, 6) is -0.350. The van der Waals surface area contributed by atoms with E-state index in [1.807, 2.05) is 13.1 Å². The van der Waals surface area contributed by atoms with Crippen LogP contribution in [-0.2, 0) is 11.3 Å². The molecule has 3 nitrogen and oxygen atoms in total. The van der Waals surface area contributed by atoms with Gasteiger partial charge >= 0.3 is 0 Å². The number of hydrogen-bond donors (Lipinski definition) is 2. The van der Waals surface area contributed by atoms with E-state index in [-0.39, 0.29) is 11.7 Å². The SMILES string of the molecule is C[NH+](CC(=O)Nc1ccc(Cl)cc1)Cc1cccc(F)c1. The molecule has 2 rings (SSSR count). The lowest BCUT2D eigenvalue weighted by Crippen LogP contribution is -3.08. The van der Waals surface area contributed by atoms with Crippen molar-refractivity contribution in [2.75, 3.05) is 18.9 Å². The Balaban J connectivity index is 1.86. The van der Waals surface area contributed by atoms with E-state index in [2.05, 4.69) is 5.32 Å². The monoisotopic (exact) mass is 307 g/mol. The Morgan fingerprint density at radius 1 is 1.24 bits per heavy atom. The van der Waals surface area contributed by atoms with Crippen molar-refractivity contribution < 1.29 is 14.1 Å². The van der Waals surface area contributed by atoms with Crippen molar-refractivity contribution in [2.45, 2.75) is 6.54 Å². The zero-order chi connectivity index (χ0) is 15.2. The number of quaternary nitrogens is 1. The number of carbonyl (C=O) groups is 1. The van der Waals surface area contributed by atoms with Crippen LogP contribution in [0.2, 0.25) is 5.02 Å². The third kappa shape index (κ3) is 5.17. The van der Waals surface area contributed by atoms with Crippen LogP contribution in [0.5, 0.6) is 0 Å². The maximum Gasteiger partial charge on any atom is 0.279 e. The lowest BCUT2D eigenvalue weighted by molar-refractivity contribution is -0.885. The number of carbonyl (C=O) groups excluding carboxylic acids is 1. The maximum absolute atomic E-state index is 13.1. The molecule has 2 aromatic carbocycles. The highest BCUT2D eigenvalue weighted by Gasteiger charge is 2.11. The maximum atomic E-state index is 13.1. The lowest BCUT2D eigenvalue weighted by atomic mass is 10.2. The van der Waals surface area contributed by atoms with Gasteiger partial charge in [-0.1, -0.05) is 23.7 Å². The molecule has 0 aliphatic heterocycles. The molecule has 0 aliphatic carbocycles. The summed E-state index contributed by atoms with van der Waals surface area (Å²) < 4.78 is 13.1. The molecule has 0 bridgehead atoms. The van der Waals surface area contributed by atoms with Crippen LogP contribution >= 0.6 is 11.6 Å². The molecule has 0 radical (unpaired) electrons. The van der Waals surface area contributed by atoms with Gasteiger partial charge in [-0.2, -0.15) is 0 Å². The Kier molecular flexibility index (Phi) is 5.31. The van der Waals surface area contributed by atoms with Gasteiger partial charge in [-0.15, -0.1) is 0 Å². The first-order valence-electron chi connectivity index (χ1n) is 6.64. The molecule has 0 heterocycles. The average Bonchev–Trinajstić information content (AvgIpc) is 2.41. The van der Waals surface area contributed by atoms with Gasteiger partial charge in [-0.3, -0.25) is 4.79 Å². The van der Waals surface area contributed by atoms with Crippen LogP contribution in [0.25, 0.3) is 0 Å². The number of anilines is 1. The molecule has 0 saturated heterocycles. The number of rotatable bonds is 5. The second kappa shape index (κ2) is 7.20. The second-order valence-corrected chi connectivity index (χ2v) is 5.43. The average molecular weight is 308 g/mol. The van der Waals surface area contributed by atoms with E-state index < -0.39 is 0 Å². The minimum absolute atomic E-state index is 0.0915. The fraction of sp³-hybridized carbons (Fsp3) is 0.188. The number of halogens is 2. The van der Waals surface area contributed by atoms with E-state index in [1.165, 1.54) is 12.1 Å². The smallest absolute Gasteiger partial charge is 0.279 e. The zero-order valence-electron chi connectivity index (χ0n) is 11.7. The summed E-state index contributed by atoms with van der Waals surface area (Å²) in [6, 6.07) is 13.4. The fourth-order valence-corrected chi connectivity index (χ4v) is 2.20. The van der Waals surface area contributed by atoms with Gasteiger partial charge in [0.2, 0.25) is 0 Å². The van der Waals surface area contributed by atoms with E-state index in [4.69, 9.17) is 11.6 Å². The van der Waals surface area contributed by atoms with Gasteiger partial charge in [0.05, 0.1) is 7.05 Å². The van der Waals surface area contributed by atoms with Gasteiger partial charge in [0.1, 0.15) is 12.4 Å². The van der Waals surface area contributed by atoms with Gasteiger partial charge in [0.25, 0.3) is 5.91 Å². The molecule has 0 spiro atoms. The minimum Gasteiger partial charge on any atom is -0.326 e. The molecule has 1 amide bonds. The minimum atomic E-state index is -0.258. The van der Waals surface area contributed by atoms with E-state index in [0.717, 1.165) is 10.5 Å². The van der Waals surface area contributed by atoms with Crippen LogP contribution < -0.4 is 10.2 Å². The molecule has 1 atom stereocenters. The van der Waals surface area contributed by atoms with Crippen molar-refractivity contribution >= 4 is 23.2 Å². The van der Waals surface area contributed by atoms with E-state index in [9.17, 15) is 9.18 Å². The first-order chi connectivity index (χ1) is 10.0. The predicted molar refractivity (Wildman–Crippen MR) is 81.9 cm³/mol. The third-order valence-electron chi connectivity index (χ3n) is 2.99. The molecule has 2 N–H and O–H groups in total. The molecule has 5 heteroatoms. The Morgan fingerprint density at radius 3 is 2.62 bits per heavy atom. The highest BCUT2D eigenvalue weighted by molar-refractivity contribution is 6.30. The van der Waals surface area contributed by atoms with Gasteiger partial charge in [-0.05, 0) is 36.4 Å². The molecule has 110 valence electrons. The first kappa shape index (κ1) is 15.5. The third-order valence-corrected chi connectivity index (χ3v) is 3.24. The second-order valence-electron chi connectivity index (χ2n) is 5.00. The summed E-state index contributed by atoms with van der Waals surface area (Å²) in [5, 5.41) is 3.43. The molecule has 2 aromatic rings. The van der Waals surface area contributed by atoms with Crippen LogP contribution in [0.4, 0.5) is 10.1 Å². The van der Waals surface area contributed by atoms with Crippen LogP contribution in [-0.4, -0.2) is 19.5 Å². The Bertz CT molecular complexity index is 616. The van der Waals surface area contributed by atoms with Crippen LogP contribution in [0.1, 0.15) is 5.56 Å². The number of amides is 1. The predicted octanol–water partition coefficient (Wildman–Crippen LogP) is 2.13. The van der Waals surface area contributed by atoms with Crippen molar-refractivity contribution in [2.24, 2.45) is 0 Å². The number of likely N-dealkylation sites (N-methyl/N-ethyl adjacent to an activating group) is 1. The lowest BCUT2D eigenvalue weighted by Gasteiger charge is -2.14. The standard InChI is InChI=1S/C16H16ClFN2O/c1-20(10-12-3-2-4-14(18)9-12)11-16(21)19-15-7-5-13(17)6-8-15/h2-9H,10-11H2,1H3,(H,19,21)/p+1. The van der Waals surface area contributed by atoms with Crippen molar-refractivity contribution in [1.29, 1.82) is 0 Å². The highest BCUT2D eigenvalue weighted by atomic mass is 35.5. The summed E-state index contributed by atoms with van der Waals surface area (Å²) in [5.41, 5.74) is 1.58. The van der Waals surface area contributed by atoms with Crippen LogP contribution in [0.3, 0.4) is 0 Å². The number of benzene rings is 2. The molecular formula is C16H17ClFN2O+. The summed E-state index contributed by atoms with van der Waals surface area (Å²) in [6.07, 6.45) is 0. The molecule has 0 fully saturated rings. The highest BCUT2D eigenvalue weighted by Crippen LogP contribution is 2.12. The molecule has 0 aromatic heterocycles. The van der Waals surface area contributed by atoms with Gasteiger partial charge in [0.15, 0.2) is 6.54 Å². The zero-order valence-corrected chi connectivity index (χ0v) is 12.5. The number of nitrogens with one attached hydrogen (secondary N) is 2. The first-order valence-corrected chi connectivity index (χ1v) is 7.02. The topological polar surface area (TPSA) is 33.5 Å². The Labute approximate surface area is 128 Å². The Morgan fingerprint density at radius 2 is 1.95 bits per heavy atom. The summed E-state index contributed by atoms with van der Waals surface area (Å²) in [7, 11) is 1.90. The molecule has 21 heavy (non-hydrogen) atoms. The number of hydrogen-bond acceptors (Lipinski definition) is 1. The van der Waals surface area contributed by atoms with E-state index in [1.54, 1.807) is 30.3 Å². The van der Waals surface area contributed by atoms with Crippen LogP contribution in [0, 0.1) is 5.82 Å². The molecule has 0 saturated carbocycles. The largest absolute Gasteiger partial charge is 0.326 e. The molecular weight excluding hydrogens is 291 g/mol. The summed E-state index contributed by atoms with van der Waals surface area (Å²) in [4.78, 5) is 12.9. The van der Waals surface area contributed by atoms with Gasteiger partial charge < -0.3 is 10.2 Å². The van der Waals surface area contributed by atoms with Crippen molar-refractivity contribution in [1.82, 2.24) is 0 Å². The van der Waals surface area contributed by atoms with Gasteiger partial charge in [-0.25, -0.2) is 4.39 Å². The van der Waals surface area contributed by atoms with E-state index >= 15 is 0 Å². The van der Waals surface area contributed by atoms with Crippen molar-refractivity contribution in [3.8, 4) is 0 Å². The molecule has 0 aliphatic rings. The van der Waals surface area contributed by atoms with Crippen molar-refractivity contribution in [3.63, 3.8) is 0 Å². The Hall–Kier alpha value is -1.91. The summed E-state index contributed by atoms with van der Waals surface area (Å²) in [6.45, 7) is 0.894.